The smallest absolute Gasteiger partial charge is 0.159 e. The Morgan fingerprint density at radius 1 is 1.09 bits per heavy atom. The van der Waals surface area contributed by atoms with Crippen LogP contribution in [-0.2, 0) is 0 Å². The first-order chi connectivity index (χ1) is 10.7. The molecule has 1 aromatic rings. The van der Waals surface area contributed by atoms with Crippen LogP contribution in [0.5, 0.6) is 0 Å². The van der Waals surface area contributed by atoms with Crippen LogP contribution >= 0.6 is 0 Å². The monoisotopic (exact) mass is 301 g/mol. The van der Waals surface area contributed by atoms with Crippen LogP contribution < -0.4 is 0 Å². The van der Waals surface area contributed by atoms with E-state index in [2.05, 4.69) is 6.08 Å². The van der Waals surface area contributed by atoms with E-state index < -0.39 is 11.6 Å². The third kappa shape index (κ3) is 4.80. The first-order valence-corrected chi connectivity index (χ1v) is 7.87. The van der Waals surface area contributed by atoms with Gasteiger partial charge in [-0.2, -0.15) is 5.26 Å². The molecule has 1 aromatic carbocycles. The molecule has 0 aliphatic heterocycles. The minimum atomic E-state index is -0.769. The fourth-order valence-electron chi connectivity index (χ4n) is 3.16. The molecule has 0 amide bonds. The molecule has 0 radical (unpaired) electrons. The van der Waals surface area contributed by atoms with Crippen molar-refractivity contribution < 1.29 is 8.78 Å². The van der Waals surface area contributed by atoms with E-state index in [0.717, 1.165) is 44.1 Å². The normalized spacial score (nSPS) is 22.2. The summed E-state index contributed by atoms with van der Waals surface area (Å²) >= 11 is 0. The van der Waals surface area contributed by atoms with Crippen LogP contribution in [0.15, 0.2) is 42.5 Å². The lowest BCUT2D eigenvalue weighted by Crippen LogP contribution is -2.13. The summed E-state index contributed by atoms with van der Waals surface area (Å²) < 4.78 is 26.3. The van der Waals surface area contributed by atoms with Crippen molar-refractivity contribution in [2.45, 2.75) is 44.4 Å². The van der Waals surface area contributed by atoms with E-state index in [9.17, 15) is 8.78 Å². The van der Waals surface area contributed by atoms with Crippen molar-refractivity contribution >= 4 is 0 Å². The summed E-state index contributed by atoms with van der Waals surface area (Å²) in [5, 5.41) is 8.36. The molecule has 0 atom stereocenters. The van der Waals surface area contributed by atoms with E-state index >= 15 is 0 Å². The minimum absolute atomic E-state index is 0.362. The van der Waals surface area contributed by atoms with Crippen molar-refractivity contribution in [3.8, 4) is 6.07 Å². The van der Waals surface area contributed by atoms with E-state index in [1.807, 2.05) is 12.1 Å². The van der Waals surface area contributed by atoms with Crippen LogP contribution in [0.3, 0.4) is 0 Å². The molecular weight excluding hydrogens is 280 g/mol. The Bertz CT molecular complexity index is 576. The quantitative estimate of drug-likeness (QED) is 0.509. The SMILES string of the molecule is N#CC=CC=CCC[C@H]1CC[C@H](c2ccc(F)c(F)c2)CC1. The maximum absolute atomic E-state index is 13.3. The molecule has 3 heteroatoms. The summed E-state index contributed by atoms with van der Waals surface area (Å²) in [7, 11) is 0. The Morgan fingerprint density at radius 3 is 2.55 bits per heavy atom. The molecule has 1 fully saturated rings. The van der Waals surface area contributed by atoms with Gasteiger partial charge in [0.05, 0.1) is 6.07 Å². The number of nitrogens with zero attached hydrogens (tertiary/aromatic N) is 1. The standard InChI is InChI=1S/C19H21F2N/c20-18-12-11-17(14-19(18)21)16-9-7-15(8-10-16)6-4-2-1-3-5-13-22/h1-3,5,11-12,14-16H,4,6-10H2/t15-,16-. The van der Waals surface area contributed by atoms with E-state index in [-0.39, 0.29) is 0 Å². The molecule has 0 saturated heterocycles. The van der Waals surface area contributed by atoms with Crippen LogP contribution in [0, 0.1) is 28.9 Å². The molecule has 1 aliphatic rings. The van der Waals surface area contributed by atoms with Crippen molar-refractivity contribution in [1.82, 2.24) is 0 Å². The first-order valence-electron chi connectivity index (χ1n) is 7.87. The fraction of sp³-hybridized carbons (Fsp3) is 0.421. The van der Waals surface area contributed by atoms with Gasteiger partial charge in [-0.15, -0.1) is 0 Å². The summed E-state index contributed by atoms with van der Waals surface area (Å²) in [5.74, 6) is -0.434. The van der Waals surface area contributed by atoms with Crippen molar-refractivity contribution in [3.63, 3.8) is 0 Å². The zero-order valence-electron chi connectivity index (χ0n) is 12.6. The van der Waals surface area contributed by atoms with Gasteiger partial charge in [0.25, 0.3) is 0 Å². The molecular formula is C19H21F2N. The lowest BCUT2D eigenvalue weighted by molar-refractivity contribution is 0.311. The topological polar surface area (TPSA) is 23.8 Å². The largest absolute Gasteiger partial charge is 0.204 e. The Labute approximate surface area is 131 Å². The number of allylic oxidation sites excluding steroid dienone is 4. The Morgan fingerprint density at radius 2 is 1.86 bits per heavy atom. The predicted octanol–water partition coefficient (Wildman–Crippen LogP) is 5.65. The van der Waals surface area contributed by atoms with Crippen molar-refractivity contribution in [3.05, 3.63) is 59.7 Å². The van der Waals surface area contributed by atoms with E-state index in [4.69, 9.17) is 5.26 Å². The molecule has 1 saturated carbocycles. The average molecular weight is 301 g/mol. The highest BCUT2D eigenvalue weighted by molar-refractivity contribution is 5.22. The molecule has 0 unspecified atom stereocenters. The van der Waals surface area contributed by atoms with Crippen LogP contribution in [-0.4, -0.2) is 0 Å². The average Bonchev–Trinajstić information content (AvgIpc) is 2.54. The second-order valence-corrected chi connectivity index (χ2v) is 5.88. The summed E-state index contributed by atoms with van der Waals surface area (Å²) in [6.07, 6.45) is 13.8. The number of hydrogen-bond donors (Lipinski definition) is 0. The van der Waals surface area contributed by atoms with Gasteiger partial charge >= 0.3 is 0 Å². The van der Waals surface area contributed by atoms with Gasteiger partial charge in [-0.1, -0.05) is 24.3 Å². The van der Waals surface area contributed by atoms with Gasteiger partial charge in [0.15, 0.2) is 11.6 Å². The van der Waals surface area contributed by atoms with E-state index in [1.54, 1.807) is 12.1 Å². The summed E-state index contributed by atoms with van der Waals surface area (Å²) in [5.41, 5.74) is 0.930. The number of halogens is 2. The zero-order chi connectivity index (χ0) is 15.8. The maximum Gasteiger partial charge on any atom is 0.159 e. The molecule has 0 heterocycles. The van der Waals surface area contributed by atoms with Gasteiger partial charge < -0.3 is 0 Å². The molecule has 0 aromatic heterocycles. The van der Waals surface area contributed by atoms with Gasteiger partial charge in [-0.05, 0) is 68.1 Å². The van der Waals surface area contributed by atoms with Crippen molar-refractivity contribution in [1.29, 1.82) is 5.26 Å². The lowest BCUT2D eigenvalue weighted by atomic mass is 9.77. The fourth-order valence-corrected chi connectivity index (χ4v) is 3.16. The van der Waals surface area contributed by atoms with Crippen LogP contribution in [0.2, 0.25) is 0 Å². The third-order valence-electron chi connectivity index (χ3n) is 4.42. The minimum Gasteiger partial charge on any atom is -0.204 e. The highest BCUT2D eigenvalue weighted by atomic mass is 19.2. The maximum atomic E-state index is 13.3. The van der Waals surface area contributed by atoms with E-state index in [1.165, 1.54) is 18.2 Å². The van der Waals surface area contributed by atoms with E-state index in [0.29, 0.717) is 11.8 Å². The Kier molecular flexibility index (Phi) is 6.33. The highest BCUT2D eigenvalue weighted by Crippen LogP contribution is 2.37. The number of rotatable bonds is 5. The van der Waals surface area contributed by atoms with Gasteiger partial charge in [0.2, 0.25) is 0 Å². The van der Waals surface area contributed by atoms with Crippen LogP contribution in [0.4, 0.5) is 8.78 Å². The molecule has 0 bridgehead atoms. The van der Waals surface area contributed by atoms with Crippen LogP contribution in [0.1, 0.15) is 50.0 Å². The number of benzene rings is 1. The summed E-state index contributed by atoms with van der Waals surface area (Å²) in [6, 6.07) is 6.25. The molecule has 116 valence electrons. The third-order valence-corrected chi connectivity index (χ3v) is 4.42. The molecule has 1 aliphatic carbocycles. The Hall–Kier alpha value is -1.95. The predicted molar refractivity (Wildman–Crippen MR) is 84.2 cm³/mol. The first kappa shape index (κ1) is 16.4. The number of hydrogen-bond acceptors (Lipinski definition) is 1. The van der Waals surface area contributed by atoms with Gasteiger partial charge in [-0.3, -0.25) is 0 Å². The van der Waals surface area contributed by atoms with Crippen molar-refractivity contribution in [2.24, 2.45) is 5.92 Å². The molecule has 22 heavy (non-hydrogen) atoms. The molecule has 1 nitrogen and oxygen atoms in total. The second kappa shape index (κ2) is 8.48. The molecule has 0 N–H and O–H groups in total. The zero-order valence-corrected chi connectivity index (χ0v) is 12.6. The highest BCUT2D eigenvalue weighted by Gasteiger charge is 2.22. The Balaban J connectivity index is 1.76. The molecule has 2 rings (SSSR count). The van der Waals surface area contributed by atoms with Gasteiger partial charge in [0.1, 0.15) is 0 Å². The lowest BCUT2D eigenvalue weighted by Gasteiger charge is -2.28. The van der Waals surface area contributed by atoms with Crippen LogP contribution in [0.25, 0.3) is 0 Å². The van der Waals surface area contributed by atoms with Crippen molar-refractivity contribution in [2.75, 3.05) is 0 Å². The summed E-state index contributed by atoms with van der Waals surface area (Å²) in [6.45, 7) is 0. The van der Waals surface area contributed by atoms with Gasteiger partial charge in [-0.25, -0.2) is 8.78 Å². The molecule has 0 spiro atoms. The summed E-state index contributed by atoms with van der Waals surface area (Å²) in [4.78, 5) is 0. The second-order valence-electron chi connectivity index (χ2n) is 5.88. The van der Waals surface area contributed by atoms with Gasteiger partial charge in [0, 0.05) is 6.08 Å². The number of nitriles is 1.